The fourth-order valence-corrected chi connectivity index (χ4v) is 2.42. The first-order valence-electron chi connectivity index (χ1n) is 5.89. The van der Waals surface area contributed by atoms with E-state index in [1.165, 1.54) is 12.1 Å². The van der Waals surface area contributed by atoms with Gasteiger partial charge in [0.05, 0.1) is 5.69 Å². The monoisotopic (exact) mass is 332 g/mol. The van der Waals surface area contributed by atoms with Crippen molar-refractivity contribution in [1.29, 1.82) is 0 Å². The summed E-state index contributed by atoms with van der Waals surface area (Å²) in [5.41, 5.74) is 6.59. The lowest BCUT2D eigenvalue weighted by atomic mass is 10.1. The fraction of sp³-hybridized carbons (Fsp3) is 0. The summed E-state index contributed by atoms with van der Waals surface area (Å²) in [7, 11) is 0. The summed E-state index contributed by atoms with van der Waals surface area (Å²) in [5.74, 6) is 0.496. The van der Waals surface area contributed by atoms with Crippen molar-refractivity contribution >= 4 is 32.4 Å². The van der Waals surface area contributed by atoms with Gasteiger partial charge in [0.2, 0.25) is 0 Å². The van der Waals surface area contributed by atoms with Crippen LogP contribution < -0.4 is 10.5 Å². The van der Waals surface area contributed by atoms with Crippen LogP contribution in [0.3, 0.4) is 0 Å². The third-order valence-electron chi connectivity index (χ3n) is 2.89. The molecule has 0 aliphatic carbocycles. The number of nitrogen functional groups attached to an aromatic ring is 1. The standard InChI is InChI=1S/C15H10BrFN2O/c16-10-5-11(17)7-12(6-10)20-14-2-1-9-8-19-4-3-13(9)15(14)18/h1-8H,18H2. The van der Waals surface area contributed by atoms with Gasteiger partial charge in [-0.05, 0) is 30.3 Å². The van der Waals surface area contributed by atoms with Gasteiger partial charge in [-0.1, -0.05) is 15.9 Å². The van der Waals surface area contributed by atoms with Crippen molar-refractivity contribution in [2.45, 2.75) is 0 Å². The summed E-state index contributed by atoms with van der Waals surface area (Å²) in [4.78, 5) is 4.04. The van der Waals surface area contributed by atoms with E-state index in [0.717, 1.165) is 10.8 Å². The number of pyridine rings is 1. The Morgan fingerprint density at radius 3 is 2.80 bits per heavy atom. The van der Waals surface area contributed by atoms with Crippen LogP contribution in [0.4, 0.5) is 10.1 Å². The Hall–Kier alpha value is -2.14. The van der Waals surface area contributed by atoms with Gasteiger partial charge in [-0.15, -0.1) is 0 Å². The molecular formula is C15H10BrFN2O. The van der Waals surface area contributed by atoms with Gasteiger partial charge < -0.3 is 10.5 Å². The van der Waals surface area contributed by atoms with E-state index in [9.17, 15) is 4.39 Å². The number of anilines is 1. The lowest BCUT2D eigenvalue weighted by Crippen LogP contribution is -1.94. The van der Waals surface area contributed by atoms with Gasteiger partial charge in [-0.25, -0.2) is 4.39 Å². The van der Waals surface area contributed by atoms with Crippen LogP contribution in [0.5, 0.6) is 11.5 Å². The average Bonchev–Trinajstić information content (AvgIpc) is 2.41. The second kappa shape index (κ2) is 5.09. The summed E-state index contributed by atoms with van der Waals surface area (Å²) >= 11 is 3.23. The van der Waals surface area contributed by atoms with Crippen LogP contribution >= 0.6 is 15.9 Å². The van der Waals surface area contributed by atoms with Crippen molar-refractivity contribution in [1.82, 2.24) is 4.98 Å². The number of ether oxygens (including phenoxy) is 1. The van der Waals surface area contributed by atoms with Crippen molar-refractivity contribution in [2.75, 3.05) is 5.73 Å². The Bertz CT molecular complexity index is 772. The van der Waals surface area contributed by atoms with Gasteiger partial charge in [0.1, 0.15) is 11.6 Å². The number of benzene rings is 2. The van der Waals surface area contributed by atoms with Gasteiger partial charge in [-0.2, -0.15) is 0 Å². The lowest BCUT2D eigenvalue weighted by Gasteiger charge is -2.11. The summed E-state index contributed by atoms with van der Waals surface area (Å²) in [6.45, 7) is 0. The molecule has 0 saturated heterocycles. The topological polar surface area (TPSA) is 48.1 Å². The minimum atomic E-state index is -0.377. The number of fused-ring (bicyclic) bond motifs is 1. The Kier molecular flexibility index (Phi) is 3.28. The molecule has 2 N–H and O–H groups in total. The van der Waals surface area contributed by atoms with E-state index in [1.54, 1.807) is 24.5 Å². The number of nitrogens with zero attached hydrogens (tertiary/aromatic N) is 1. The molecule has 0 amide bonds. The molecule has 0 aliphatic heterocycles. The number of aromatic nitrogens is 1. The second-order valence-electron chi connectivity index (χ2n) is 4.28. The van der Waals surface area contributed by atoms with E-state index in [-0.39, 0.29) is 5.82 Å². The molecule has 0 radical (unpaired) electrons. The maximum Gasteiger partial charge on any atom is 0.150 e. The SMILES string of the molecule is Nc1c(Oc2cc(F)cc(Br)c2)ccc2cnccc12. The molecule has 1 heterocycles. The van der Waals surface area contributed by atoms with Crippen molar-refractivity contribution in [2.24, 2.45) is 0 Å². The highest BCUT2D eigenvalue weighted by atomic mass is 79.9. The van der Waals surface area contributed by atoms with Crippen LogP contribution in [0.25, 0.3) is 10.8 Å². The zero-order valence-electron chi connectivity index (χ0n) is 10.3. The molecule has 0 saturated carbocycles. The number of hydrogen-bond donors (Lipinski definition) is 1. The van der Waals surface area contributed by atoms with Crippen molar-refractivity contribution < 1.29 is 9.13 Å². The molecule has 3 nitrogen and oxygen atoms in total. The van der Waals surface area contributed by atoms with Crippen molar-refractivity contribution in [3.63, 3.8) is 0 Å². The first-order valence-corrected chi connectivity index (χ1v) is 6.69. The highest BCUT2D eigenvalue weighted by molar-refractivity contribution is 9.10. The molecular weight excluding hydrogens is 323 g/mol. The summed E-state index contributed by atoms with van der Waals surface area (Å²) < 4.78 is 19.6. The minimum absolute atomic E-state index is 0.377. The van der Waals surface area contributed by atoms with E-state index >= 15 is 0 Å². The molecule has 0 bridgehead atoms. The Labute approximate surface area is 123 Å². The Morgan fingerprint density at radius 2 is 2.00 bits per heavy atom. The third-order valence-corrected chi connectivity index (χ3v) is 3.34. The molecule has 1 aromatic heterocycles. The predicted molar refractivity (Wildman–Crippen MR) is 80.3 cm³/mol. The largest absolute Gasteiger partial charge is 0.455 e. The molecule has 3 rings (SSSR count). The normalized spacial score (nSPS) is 10.7. The average molecular weight is 333 g/mol. The predicted octanol–water partition coefficient (Wildman–Crippen LogP) is 4.51. The van der Waals surface area contributed by atoms with E-state index in [1.807, 2.05) is 12.1 Å². The van der Waals surface area contributed by atoms with Crippen LogP contribution in [0.1, 0.15) is 0 Å². The zero-order chi connectivity index (χ0) is 14.1. The molecule has 20 heavy (non-hydrogen) atoms. The first-order chi connectivity index (χ1) is 9.63. The maximum atomic E-state index is 13.3. The van der Waals surface area contributed by atoms with E-state index in [2.05, 4.69) is 20.9 Å². The number of hydrogen-bond acceptors (Lipinski definition) is 3. The molecule has 100 valence electrons. The smallest absolute Gasteiger partial charge is 0.150 e. The van der Waals surface area contributed by atoms with E-state index in [0.29, 0.717) is 21.7 Å². The number of rotatable bonds is 2. The minimum Gasteiger partial charge on any atom is -0.455 e. The molecule has 0 fully saturated rings. The molecule has 0 spiro atoms. The quantitative estimate of drug-likeness (QED) is 0.702. The highest BCUT2D eigenvalue weighted by Crippen LogP contribution is 2.34. The van der Waals surface area contributed by atoms with Gasteiger partial charge in [0.15, 0.2) is 5.75 Å². The van der Waals surface area contributed by atoms with Crippen LogP contribution in [0.15, 0.2) is 53.3 Å². The number of nitrogens with two attached hydrogens (primary N) is 1. The van der Waals surface area contributed by atoms with Crippen LogP contribution in [0, 0.1) is 5.82 Å². The molecule has 3 aromatic rings. The molecule has 5 heteroatoms. The van der Waals surface area contributed by atoms with Crippen LogP contribution in [-0.2, 0) is 0 Å². The highest BCUT2D eigenvalue weighted by Gasteiger charge is 2.08. The summed E-state index contributed by atoms with van der Waals surface area (Å²) in [6, 6.07) is 9.78. The molecule has 0 aliphatic rings. The van der Waals surface area contributed by atoms with E-state index < -0.39 is 0 Å². The lowest BCUT2D eigenvalue weighted by molar-refractivity contribution is 0.479. The van der Waals surface area contributed by atoms with Gasteiger partial charge >= 0.3 is 0 Å². The van der Waals surface area contributed by atoms with Gasteiger partial charge in [0, 0.05) is 33.7 Å². The first kappa shape index (κ1) is 12.9. The van der Waals surface area contributed by atoms with Crippen molar-refractivity contribution in [3.05, 3.63) is 59.1 Å². The maximum absolute atomic E-state index is 13.3. The molecule has 2 aromatic carbocycles. The molecule has 0 atom stereocenters. The van der Waals surface area contributed by atoms with E-state index in [4.69, 9.17) is 10.5 Å². The van der Waals surface area contributed by atoms with Crippen molar-refractivity contribution in [3.8, 4) is 11.5 Å². The summed E-state index contributed by atoms with van der Waals surface area (Å²) in [5, 5.41) is 1.78. The zero-order valence-corrected chi connectivity index (χ0v) is 11.9. The van der Waals surface area contributed by atoms with Crippen LogP contribution in [-0.4, -0.2) is 4.98 Å². The van der Waals surface area contributed by atoms with Gasteiger partial charge in [-0.3, -0.25) is 4.98 Å². The second-order valence-corrected chi connectivity index (χ2v) is 5.20. The van der Waals surface area contributed by atoms with Gasteiger partial charge in [0.25, 0.3) is 0 Å². The Morgan fingerprint density at radius 1 is 1.15 bits per heavy atom. The Balaban J connectivity index is 2.04. The third kappa shape index (κ3) is 2.44. The number of halogens is 2. The molecule has 0 unspecified atom stereocenters. The fourth-order valence-electron chi connectivity index (χ4n) is 1.98. The summed E-state index contributed by atoms with van der Waals surface area (Å²) in [6.07, 6.45) is 3.40. The van der Waals surface area contributed by atoms with Crippen LogP contribution in [0.2, 0.25) is 0 Å².